The third-order valence-electron chi connectivity index (χ3n) is 3.42. The average Bonchev–Trinajstić information content (AvgIpc) is 3.14. The molecule has 2 N–H and O–H groups in total. The van der Waals surface area contributed by atoms with Gasteiger partial charge in [-0.15, -0.1) is 16.4 Å². The van der Waals surface area contributed by atoms with Crippen molar-refractivity contribution in [1.29, 1.82) is 0 Å². The van der Waals surface area contributed by atoms with Gasteiger partial charge in [0, 0.05) is 17.1 Å². The van der Waals surface area contributed by atoms with E-state index in [2.05, 4.69) is 20.8 Å². The summed E-state index contributed by atoms with van der Waals surface area (Å²) < 4.78 is 0. The molecule has 134 valence electrons. The molecule has 0 saturated carbocycles. The van der Waals surface area contributed by atoms with E-state index in [4.69, 9.17) is 11.6 Å². The number of carbonyl (C=O) groups excluding carboxylic acids is 2. The van der Waals surface area contributed by atoms with Gasteiger partial charge in [0.1, 0.15) is 5.25 Å². The maximum absolute atomic E-state index is 12.5. The Morgan fingerprint density at radius 2 is 2.19 bits per heavy atom. The van der Waals surface area contributed by atoms with Crippen molar-refractivity contribution in [3.8, 4) is 0 Å². The lowest BCUT2D eigenvalue weighted by molar-refractivity contribution is -0.123. The lowest BCUT2D eigenvalue weighted by Gasteiger charge is -2.21. The second kappa shape index (κ2) is 8.48. The van der Waals surface area contributed by atoms with E-state index in [1.165, 1.54) is 11.8 Å². The van der Waals surface area contributed by atoms with E-state index in [-0.39, 0.29) is 18.2 Å². The maximum atomic E-state index is 12.5. The lowest BCUT2D eigenvalue weighted by Crippen LogP contribution is -2.41. The number of benzene rings is 1. The number of amidine groups is 1. The molecule has 1 saturated heterocycles. The molecule has 1 aliphatic rings. The zero-order valence-electron chi connectivity index (χ0n) is 13.7. The molecule has 2 heterocycles. The van der Waals surface area contributed by atoms with Crippen molar-refractivity contribution in [2.24, 2.45) is 10.2 Å². The van der Waals surface area contributed by atoms with Gasteiger partial charge in [0.25, 0.3) is 0 Å². The average molecular weight is 407 g/mol. The van der Waals surface area contributed by atoms with E-state index in [0.29, 0.717) is 15.9 Å². The molecule has 6 nitrogen and oxygen atoms in total. The van der Waals surface area contributed by atoms with E-state index in [9.17, 15) is 9.59 Å². The number of hydrogen-bond donors (Lipinski definition) is 2. The SMILES string of the molecule is C/C(=N/N=C1/NC(=O)C[C@@H](C(=O)Nc2cccc(Cl)c2)S1)c1cccs1. The molecule has 9 heteroatoms. The maximum Gasteiger partial charge on any atom is 0.238 e. The zero-order chi connectivity index (χ0) is 18.5. The molecule has 0 unspecified atom stereocenters. The van der Waals surface area contributed by atoms with Crippen molar-refractivity contribution in [1.82, 2.24) is 5.32 Å². The van der Waals surface area contributed by atoms with Gasteiger partial charge >= 0.3 is 0 Å². The molecule has 26 heavy (non-hydrogen) atoms. The van der Waals surface area contributed by atoms with Crippen LogP contribution < -0.4 is 10.6 Å². The van der Waals surface area contributed by atoms with E-state index < -0.39 is 5.25 Å². The number of hydrogen-bond acceptors (Lipinski definition) is 6. The fourth-order valence-electron chi connectivity index (χ4n) is 2.18. The zero-order valence-corrected chi connectivity index (χ0v) is 16.1. The standard InChI is InChI=1S/C17H15ClN4O2S2/c1-10(13-6-3-7-25-13)21-22-17-20-15(23)9-14(26-17)16(24)19-12-5-2-4-11(18)8-12/h2-8,14H,9H2,1H3,(H,19,24)(H,20,22,23)/b21-10-/t14-/m0/s1. The predicted molar refractivity (Wildman–Crippen MR) is 108 cm³/mol. The Labute approximate surface area is 163 Å². The Kier molecular flexibility index (Phi) is 6.08. The first kappa shape index (κ1) is 18.6. The van der Waals surface area contributed by atoms with Gasteiger partial charge in [-0.1, -0.05) is 35.5 Å². The molecule has 3 rings (SSSR count). The Hall–Kier alpha value is -2.16. The van der Waals surface area contributed by atoms with Crippen molar-refractivity contribution in [3.63, 3.8) is 0 Å². The normalized spacial score (nSPS) is 19.3. The Balaban J connectivity index is 1.69. The molecule has 0 spiro atoms. The summed E-state index contributed by atoms with van der Waals surface area (Å²) in [7, 11) is 0. The topological polar surface area (TPSA) is 82.9 Å². The van der Waals surface area contributed by atoms with Crippen molar-refractivity contribution >= 4 is 63.1 Å². The highest BCUT2D eigenvalue weighted by Crippen LogP contribution is 2.23. The minimum Gasteiger partial charge on any atom is -0.325 e. The predicted octanol–water partition coefficient (Wildman–Crippen LogP) is 3.74. The van der Waals surface area contributed by atoms with Crippen LogP contribution in [0, 0.1) is 0 Å². The number of anilines is 1. The van der Waals surface area contributed by atoms with Gasteiger partial charge in [-0.2, -0.15) is 5.10 Å². The summed E-state index contributed by atoms with van der Waals surface area (Å²) >= 11 is 8.65. The summed E-state index contributed by atoms with van der Waals surface area (Å²) in [5.74, 6) is -0.545. The van der Waals surface area contributed by atoms with Gasteiger partial charge in [0.05, 0.1) is 10.6 Å². The van der Waals surface area contributed by atoms with E-state index in [1.807, 2.05) is 24.4 Å². The highest BCUT2D eigenvalue weighted by Gasteiger charge is 2.30. The molecular formula is C17H15ClN4O2S2. The summed E-state index contributed by atoms with van der Waals surface area (Å²) in [6.45, 7) is 1.84. The van der Waals surface area contributed by atoms with Gasteiger partial charge in [-0.3, -0.25) is 9.59 Å². The molecule has 0 aliphatic carbocycles. The van der Waals surface area contributed by atoms with Crippen LogP contribution >= 0.6 is 34.7 Å². The molecule has 1 aliphatic heterocycles. The summed E-state index contributed by atoms with van der Waals surface area (Å²) in [5.41, 5.74) is 1.33. The number of nitrogens with one attached hydrogen (secondary N) is 2. The van der Waals surface area contributed by atoms with Crippen LogP contribution in [0.2, 0.25) is 5.02 Å². The molecule has 2 amide bonds. The first-order chi connectivity index (χ1) is 12.5. The fourth-order valence-corrected chi connectivity index (χ4v) is 3.98. The van der Waals surface area contributed by atoms with E-state index >= 15 is 0 Å². The number of halogens is 1. The third-order valence-corrected chi connectivity index (χ3v) is 5.71. The van der Waals surface area contributed by atoms with E-state index in [0.717, 1.165) is 10.6 Å². The van der Waals surface area contributed by atoms with Crippen molar-refractivity contribution in [2.45, 2.75) is 18.6 Å². The van der Waals surface area contributed by atoms with Crippen LogP contribution in [-0.2, 0) is 9.59 Å². The molecule has 1 aromatic heterocycles. The van der Waals surface area contributed by atoms with Crippen LogP contribution in [0.15, 0.2) is 52.0 Å². The smallest absolute Gasteiger partial charge is 0.238 e. The number of amides is 2. The minimum atomic E-state index is -0.585. The minimum absolute atomic E-state index is 0.0731. The van der Waals surface area contributed by atoms with Gasteiger partial charge in [0.15, 0.2) is 5.17 Å². The van der Waals surface area contributed by atoms with Crippen molar-refractivity contribution in [3.05, 3.63) is 51.7 Å². The quantitative estimate of drug-likeness (QED) is 0.599. The molecule has 1 fully saturated rings. The first-order valence-corrected chi connectivity index (χ1v) is 9.84. The van der Waals surface area contributed by atoms with Crippen LogP contribution in [0.4, 0.5) is 5.69 Å². The van der Waals surface area contributed by atoms with Crippen molar-refractivity contribution in [2.75, 3.05) is 5.32 Å². The van der Waals surface area contributed by atoms with Crippen LogP contribution in [0.5, 0.6) is 0 Å². The number of nitrogens with zero attached hydrogens (tertiary/aromatic N) is 2. The molecule has 1 aromatic carbocycles. The van der Waals surface area contributed by atoms with Gasteiger partial charge in [-0.05, 0) is 36.6 Å². The number of rotatable bonds is 4. The number of thioether (sulfide) groups is 1. The van der Waals surface area contributed by atoms with Gasteiger partial charge in [0.2, 0.25) is 11.8 Å². The summed E-state index contributed by atoms with van der Waals surface area (Å²) in [6, 6.07) is 10.7. The molecule has 0 bridgehead atoms. The Morgan fingerprint density at radius 1 is 1.35 bits per heavy atom. The van der Waals surface area contributed by atoms with Crippen LogP contribution in [-0.4, -0.2) is 27.9 Å². The Bertz CT molecular complexity index is 881. The number of thiophene rings is 1. The summed E-state index contributed by atoms with van der Waals surface area (Å²) in [4.78, 5) is 25.4. The highest BCUT2D eigenvalue weighted by atomic mass is 35.5. The molecule has 0 radical (unpaired) electrons. The molecule has 1 atom stereocenters. The second-order valence-corrected chi connectivity index (χ2v) is 8.00. The monoisotopic (exact) mass is 406 g/mol. The summed E-state index contributed by atoms with van der Waals surface area (Å²) in [6.07, 6.45) is 0.0731. The first-order valence-electron chi connectivity index (χ1n) is 7.70. The summed E-state index contributed by atoms with van der Waals surface area (Å²) in [5, 5.41) is 15.8. The largest absolute Gasteiger partial charge is 0.325 e. The van der Waals surface area contributed by atoms with E-state index in [1.54, 1.807) is 35.6 Å². The van der Waals surface area contributed by atoms with Gasteiger partial charge in [-0.25, -0.2) is 0 Å². The van der Waals surface area contributed by atoms with Gasteiger partial charge < -0.3 is 10.6 Å². The number of carbonyl (C=O) groups is 2. The second-order valence-electron chi connectivity index (χ2n) is 5.43. The van der Waals surface area contributed by atoms with Crippen LogP contribution in [0.1, 0.15) is 18.2 Å². The molecular weight excluding hydrogens is 392 g/mol. The van der Waals surface area contributed by atoms with Crippen LogP contribution in [0.25, 0.3) is 0 Å². The highest BCUT2D eigenvalue weighted by molar-refractivity contribution is 8.15. The molecule has 2 aromatic rings. The van der Waals surface area contributed by atoms with Crippen LogP contribution in [0.3, 0.4) is 0 Å². The fraction of sp³-hybridized carbons (Fsp3) is 0.176. The Morgan fingerprint density at radius 3 is 2.92 bits per heavy atom. The lowest BCUT2D eigenvalue weighted by atomic mass is 10.2. The third kappa shape index (κ3) is 4.94. The van der Waals surface area contributed by atoms with Crippen molar-refractivity contribution < 1.29 is 9.59 Å².